The molecular weight excluding hydrogens is 196 g/mol. The molecule has 0 spiro atoms. The molecule has 1 unspecified atom stereocenters. The van der Waals surface area contributed by atoms with Crippen molar-refractivity contribution in [2.24, 2.45) is 5.73 Å². The van der Waals surface area contributed by atoms with E-state index in [1.165, 1.54) is 11.3 Å². The fourth-order valence-electron chi connectivity index (χ4n) is 0.722. The minimum Gasteiger partial charge on any atom is -0.383 e. The van der Waals surface area contributed by atoms with Crippen LogP contribution in [0.15, 0.2) is 12.1 Å². The van der Waals surface area contributed by atoms with Gasteiger partial charge in [0.25, 0.3) is 0 Å². The topological polar surface area (TPSA) is 87.2 Å². The van der Waals surface area contributed by atoms with Crippen LogP contribution in [0.5, 0.6) is 0 Å². The van der Waals surface area contributed by atoms with Crippen molar-refractivity contribution in [1.82, 2.24) is 0 Å². The molecule has 0 bridgehead atoms. The normalized spacial score (nSPS) is 12.8. The third-order valence-electron chi connectivity index (χ3n) is 1.19. The molecule has 66 valence electrons. The predicted molar refractivity (Wildman–Crippen MR) is 49.8 cm³/mol. The molecule has 0 aliphatic carbocycles. The molecule has 0 saturated heterocycles. The number of nitrogen functional groups attached to an aromatic ring is 1. The predicted octanol–water partition coefficient (Wildman–Crippen LogP) is 0.754. The van der Waals surface area contributed by atoms with Crippen LogP contribution in [0.3, 0.4) is 0 Å². The van der Waals surface area contributed by atoms with Gasteiger partial charge in [0.05, 0.1) is 10.6 Å². The lowest BCUT2D eigenvalue weighted by molar-refractivity contribution is 0.564. The van der Waals surface area contributed by atoms with Crippen LogP contribution in [0.25, 0.3) is 0 Å². The van der Waals surface area contributed by atoms with Crippen molar-refractivity contribution in [3.05, 3.63) is 21.9 Å². The van der Waals surface area contributed by atoms with E-state index in [4.69, 9.17) is 15.7 Å². The average molecular weight is 204 g/mol. The van der Waals surface area contributed by atoms with Crippen molar-refractivity contribution < 1.29 is 8.76 Å². The fraction of sp³-hybridized carbons (Fsp3) is 0.167. The summed E-state index contributed by atoms with van der Waals surface area (Å²) in [5.74, 6) is 0.104. The molecule has 1 aromatic heterocycles. The van der Waals surface area contributed by atoms with Gasteiger partial charge in [-0.25, -0.2) is 4.21 Å². The SMILES string of the molecule is N=C(N)c1ccc(CS(=O)O)s1. The highest BCUT2D eigenvalue weighted by molar-refractivity contribution is 7.78. The number of nitrogens with one attached hydrogen (secondary N) is 1. The van der Waals surface area contributed by atoms with Gasteiger partial charge in [-0.05, 0) is 12.1 Å². The maximum Gasteiger partial charge on any atom is 0.158 e. The molecule has 0 radical (unpaired) electrons. The Morgan fingerprint density at radius 3 is 2.83 bits per heavy atom. The van der Waals surface area contributed by atoms with Gasteiger partial charge in [0.2, 0.25) is 0 Å². The Bertz CT molecular complexity index is 321. The van der Waals surface area contributed by atoms with E-state index in [0.717, 1.165) is 4.88 Å². The van der Waals surface area contributed by atoms with Gasteiger partial charge < -0.3 is 10.3 Å². The third kappa shape index (κ3) is 2.40. The maximum absolute atomic E-state index is 10.4. The quantitative estimate of drug-likeness (QED) is 0.386. The summed E-state index contributed by atoms with van der Waals surface area (Å²) in [5.41, 5.74) is 5.21. The van der Waals surface area contributed by atoms with Crippen LogP contribution in [0.1, 0.15) is 9.75 Å². The second-order valence-corrected chi connectivity index (χ2v) is 4.25. The fourth-order valence-corrected chi connectivity index (χ4v) is 2.26. The van der Waals surface area contributed by atoms with Crippen LogP contribution in [-0.4, -0.2) is 14.6 Å². The van der Waals surface area contributed by atoms with Gasteiger partial charge in [-0.3, -0.25) is 5.41 Å². The number of thiophene rings is 1. The molecule has 4 nitrogen and oxygen atoms in total. The van der Waals surface area contributed by atoms with Crippen molar-refractivity contribution >= 4 is 28.3 Å². The van der Waals surface area contributed by atoms with Gasteiger partial charge in [0, 0.05) is 4.88 Å². The molecule has 0 aliphatic heterocycles. The van der Waals surface area contributed by atoms with Crippen molar-refractivity contribution in [1.29, 1.82) is 5.41 Å². The van der Waals surface area contributed by atoms with Crippen LogP contribution in [0.4, 0.5) is 0 Å². The summed E-state index contributed by atoms with van der Waals surface area (Å²) in [6.45, 7) is 0. The molecule has 4 N–H and O–H groups in total. The molecule has 0 aromatic carbocycles. The first-order valence-corrected chi connectivity index (χ1v) is 5.19. The van der Waals surface area contributed by atoms with Gasteiger partial charge in [-0.15, -0.1) is 11.3 Å². The van der Waals surface area contributed by atoms with Crippen LogP contribution in [-0.2, 0) is 16.8 Å². The average Bonchev–Trinajstić information content (AvgIpc) is 2.34. The van der Waals surface area contributed by atoms with Crippen LogP contribution in [0.2, 0.25) is 0 Å². The van der Waals surface area contributed by atoms with E-state index in [-0.39, 0.29) is 11.6 Å². The molecule has 0 fully saturated rings. The van der Waals surface area contributed by atoms with Gasteiger partial charge in [0.15, 0.2) is 11.1 Å². The maximum atomic E-state index is 10.4. The number of rotatable bonds is 3. The van der Waals surface area contributed by atoms with Crippen LogP contribution >= 0.6 is 11.3 Å². The molecule has 0 saturated carbocycles. The largest absolute Gasteiger partial charge is 0.383 e. The highest BCUT2D eigenvalue weighted by Gasteiger charge is 2.04. The van der Waals surface area contributed by atoms with E-state index < -0.39 is 11.1 Å². The number of hydrogen-bond acceptors (Lipinski definition) is 3. The second kappa shape index (κ2) is 3.79. The van der Waals surface area contributed by atoms with Crippen molar-refractivity contribution in [2.75, 3.05) is 0 Å². The zero-order chi connectivity index (χ0) is 9.14. The van der Waals surface area contributed by atoms with Gasteiger partial charge in [-0.1, -0.05) is 0 Å². The Labute approximate surface area is 76.2 Å². The van der Waals surface area contributed by atoms with E-state index in [2.05, 4.69) is 0 Å². The zero-order valence-corrected chi connectivity index (χ0v) is 7.74. The molecule has 0 amide bonds. The summed E-state index contributed by atoms with van der Waals surface area (Å²) in [6.07, 6.45) is 0. The standard InChI is InChI=1S/C6H8N2O2S2/c7-6(8)5-2-1-4(11-5)3-12(9)10/h1-2H,3H2,(H3,7,8)(H,9,10). The number of amidine groups is 1. The molecule has 1 aromatic rings. The number of nitrogens with two attached hydrogens (primary N) is 1. The van der Waals surface area contributed by atoms with Crippen LogP contribution in [0, 0.1) is 5.41 Å². The smallest absolute Gasteiger partial charge is 0.158 e. The summed E-state index contributed by atoms with van der Waals surface area (Å²) in [4.78, 5) is 1.40. The minimum atomic E-state index is -1.82. The Balaban J connectivity index is 2.77. The molecule has 1 atom stereocenters. The highest BCUT2D eigenvalue weighted by Crippen LogP contribution is 2.16. The van der Waals surface area contributed by atoms with Crippen molar-refractivity contribution in [2.45, 2.75) is 5.75 Å². The number of hydrogen-bond donors (Lipinski definition) is 3. The Morgan fingerprint density at radius 1 is 1.75 bits per heavy atom. The second-order valence-electron chi connectivity index (χ2n) is 2.15. The van der Waals surface area contributed by atoms with E-state index in [9.17, 15) is 4.21 Å². The third-order valence-corrected chi connectivity index (χ3v) is 3.05. The Kier molecular flexibility index (Phi) is 2.96. The summed E-state index contributed by atoms with van der Waals surface area (Å²) in [5, 5.41) is 7.08. The first kappa shape index (κ1) is 9.37. The lowest BCUT2D eigenvalue weighted by atomic mass is 10.4. The lowest BCUT2D eigenvalue weighted by Crippen LogP contribution is -2.08. The zero-order valence-electron chi connectivity index (χ0n) is 6.11. The monoisotopic (exact) mass is 204 g/mol. The summed E-state index contributed by atoms with van der Waals surface area (Å²) in [7, 11) is 0. The summed E-state index contributed by atoms with van der Waals surface area (Å²) >= 11 is -0.551. The highest BCUT2D eigenvalue weighted by atomic mass is 32.2. The minimum absolute atomic E-state index is 0.00466. The lowest BCUT2D eigenvalue weighted by Gasteiger charge is -1.89. The Morgan fingerprint density at radius 2 is 2.42 bits per heavy atom. The molecule has 1 heterocycles. The van der Waals surface area contributed by atoms with Crippen molar-refractivity contribution in [3.63, 3.8) is 0 Å². The molecule has 0 aliphatic rings. The first-order valence-electron chi connectivity index (χ1n) is 3.10. The van der Waals surface area contributed by atoms with E-state index in [1.54, 1.807) is 12.1 Å². The van der Waals surface area contributed by atoms with E-state index in [0.29, 0.717) is 4.88 Å². The molecule has 6 heteroatoms. The van der Waals surface area contributed by atoms with Crippen molar-refractivity contribution in [3.8, 4) is 0 Å². The van der Waals surface area contributed by atoms with E-state index in [1.807, 2.05) is 0 Å². The van der Waals surface area contributed by atoms with E-state index >= 15 is 0 Å². The van der Waals surface area contributed by atoms with Gasteiger partial charge in [0.1, 0.15) is 5.84 Å². The first-order chi connectivity index (χ1) is 5.59. The van der Waals surface area contributed by atoms with Gasteiger partial charge >= 0.3 is 0 Å². The molecule has 1 rings (SSSR count). The summed E-state index contributed by atoms with van der Waals surface area (Å²) in [6, 6.07) is 3.38. The Hall–Kier alpha value is -0.720. The van der Waals surface area contributed by atoms with Crippen LogP contribution < -0.4 is 5.73 Å². The van der Waals surface area contributed by atoms with Gasteiger partial charge in [-0.2, -0.15) is 0 Å². The summed E-state index contributed by atoms with van der Waals surface area (Å²) < 4.78 is 18.9. The molecule has 12 heavy (non-hydrogen) atoms. The molecular formula is C6H8N2O2S2.